The van der Waals surface area contributed by atoms with Gasteiger partial charge in [0.2, 0.25) is 5.91 Å². The van der Waals surface area contributed by atoms with Crippen LogP contribution in [0.25, 0.3) is 0 Å². The first-order valence-electron chi connectivity index (χ1n) is 6.52. The quantitative estimate of drug-likeness (QED) is 0.867. The number of hydrogen-bond acceptors (Lipinski definition) is 3. The van der Waals surface area contributed by atoms with Crippen molar-refractivity contribution in [3.05, 3.63) is 34.3 Å². The van der Waals surface area contributed by atoms with Crippen molar-refractivity contribution in [3.8, 4) is 0 Å². The Morgan fingerprint density at radius 3 is 2.58 bits per heavy atom. The SMILES string of the molecule is NC(=O)[C@H](CNC1CCOCC1)c1ccc(Br)cc1. The van der Waals surface area contributed by atoms with Crippen molar-refractivity contribution < 1.29 is 9.53 Å². The van der Waals surface area contributed by atoms with Gasteiger partial charge < -0.3 is 15.8 Å². The highest BCUT2D eigenvalue weighted by molar-refractivity contribution is 9.10. The van der Waals surface area contributed by atoms with Crippen LogP contribution in [0, 0.1) is 0 Å². The molecule has 0 unspecified atom stereocenters. The summed E-state index contributed by atoms with van der Waals surface area (Å²) in [5.41, 5.74) is 6.46. The predicted octanol–water partition coefficient (Wildman–Crippen LogP) is 1.79. The number of nitrogens with one attached hydrogen (secondary N) is 1. The van der Waals surface area contributed by atoms with Gasteiger partial charge in [-0.2, -0.15) is 0 Å². The zero-order valence-corrected chi connectivity index (χ0v) is 12.4. The Balaban J connectivity index is 1.96. The van der Waals surface area contributed by atoms with Crippen LogP contribution in [-0.4, -0.2) is 31.7 Å². The number of hydrogen-bond donors (Lipinski definition) is 2. The Kier molecular flexibility index (Phi) is 5.36. The third-order valence-electron chi connectivity index (χ3n) is 3.45. The van der Waals surface area contributed by atoms with E-state index in [1.807, 2.05) is 24.3 Å². The van der Waals surface area contributed by atoms with Crippen molar-refractivity contribution in [1.29, 1.82) is 0 Å². The number of halogens is 1. The van der Waals surface area contributed by atoms with E-state index in [4.69, 9.17) is 10.5 Å². The molecule has 0 radical (unpaired) electrons. The number of nitrogens with two attached hydrogens (primary N) is 1. The van der Waals surface area contributed by atoms with Gasteiger partial charge >= 0.3 is 0 Å². The molecule has 0 bridgehead atoms. The van der Waals surface area contributed by atoms with Gasteiger partial charge in [0.25, 0.3) is 0 Å². The topological polar surface area (TPSA) is 64.4 Å². The molecule has 1 aromatic carbocycles. The maximum atomic E-state index is 11.6. The minimum Gasteiger partial charge on any atom is -0.381 e. The molecular weight excluding hydrogens is 308 g/mol. The fraction of sp³-hybridized carbons (Fsp3) is 0.500. The second-order valence-electron chi connectivity index (χ2n) is 4.80. The molecule has 4 nitrogen and oxygen atoms in total. The first-order valence-corrected chi connectivity index (χ1v) is 7.32. The third kappa shape index (κ3) is 4.30. The van der Waals surface area contributed by atoms with E-state index in [1.165, 1.54) is 0 Å². The number of carbonyl (C=O) groups is 1. The van der Waals surface area contributed by atoms with Crippen molar-refractivity contribution in [2.45, 2.75) is 24.8 Å². The van der Waals surface area contributed by atoms with Crippen LogP contribution in [-0.2, 0) is 9.53 Å². The van der Waals surface area contributed by atoms with Crippen LogP contribution >= 0.6 is 15.9 Å². The Morgan fingerprint density at radius 1 is 1.37 bits per heavy atom. The van der Waals surface area contributed by atoms with E-state index in [1.54, 1.807) is 0 Å². The Morgan fingerprint density at radius 2 is 2.00 bits per heavy atom. The van der Waals surface area contributed by atoms with Crippen molar-refractivity contribution in [3.63, 3.8) is 0 Å². The number of rotatable bonds is 5. The minimum absolute atomic E-state index is 0.282. The predicted molar refractivity (Wildman–Crippen MR) is 77.9 cm³/mol. The average molecular weight is 327 g/mol. The Hall–Kier alpha value is -0.910. The molecule has 1 atom stereocenters. The number of ether oxygens (including phenoxy) is 1. The lowest BCUT2D eigenvalue weighted by molar-refractivity contribution is -0.119. The molecule has 0 spiro atoms. The molecule has 0 saturated carbocycles. The van der Waals surface area contributed by atoms with Crippen LogP contribution < -0.4 is 11.1 Å². The van der Waals surface area contributed by atoms with Crippen LogP contribution in [0.2, 0.25) is 0 Å². The van der Waals surface area contributed by atoms with Crippen LogP contribution in [0.5, 0.6) is 0 Å². The molecule has 2 rings (SSSR count). The zero-order chi connectivity index (χ0) is 13.7. The average Bonchev–Trinajstić information content (AvgIpc) is 2.42. The van der Waals surface area contributed by atoms with Crippen LogP contribution in [0.15, 0.2) is 28.7 Å². The van der Waals surface area contributed by atoms with E-state index in [9.17, 15) is 4.79 Å². The smallest absolute Gasteiger partial charge is 0.226 e. The molecule has 1 aliphatic rings. The highest BCUT2D eigenvalue weighted by Crippen LogP contribution is 2.19. The molecular formula is C14H19BrN2O2. The Labute approximate surface area is 121 Å². The van der Waals surface area contributed by atoms with Gasteiger partial charge in [-0.1, -0.05) is 28.1 Å². The van der Waals surface area contributed by atoms with Crippen LogP contribution in [0.1, 0.15) is 24.3 Å². The molecule has 0 aliphatic carbocycles. The highest BCUT2D eigenvalue weighted by Gasteiger charge is 2.20. The summed E-state index contributed by atoms with van der Waals surface area (Å²) in [5, 5.41) is 3.42. The van der Waals surface area contributed by atoms with Crippen molar-refractivity contribution in [1.82, 2.24) is 5.32 Å². The van der Waals surface area contributed by atoms with Gasteiger partial charge in [-0.15, -0.1) is 0 Å². The van der Waals surface area contributed by atoms with Gasteiger partial charge in [0.1, 0.15) is 0 Å². The summed E-state index contributed by atoms with van der Waals surface area (Å²) in [6, 6.07) is 8.15. The lowest BCUT2D eigenvalue weighted by Crippen LogP contribution is -2.40. The van der Waals surface area contributed by atoms with E-state index < -0.39 is 0 Å². The van der Waals surface area contributed by atoms with Crippen LogP contribution in [0.4, 0.5) is 0 Å². The molecule has 5 heteroatoms. The highest BCUT2D eigenvalue weighted by atomic mass is 79.9. The summed E-state index contributed by atoms with van der Waals surface area (Å²) >= 11 is 3.39. The number of primary amides is 1. The molecule has 1 saturated heterocycles. The van der Waals surface area contributed by atoms with Gasteiger partial charge in [-0.3, -0.25) is 4.79 Å². The lowest BCUT2D eigenvalue weighted by Gasteiger charge is -2.25. The summed E-state index contributed by atoms with van der Waals surface area (Å²) in [7, 11) is 0. The van der Waals surface area contributed by atoms with E-state index in [0.717, 1.165) is 36.1 Å². The number of amides is 1. The molecule has 1 heterocycles. The van der Waals surface area contributed by atoms with Crippen molar-refractivity contribution in [2.24, 2.45) is 5.73 Å². The minimum atomic E-state index is -0.290. The second kappa shape index (κ2) is 7.03. The zero-order valence-electron chi connectivity index (χ0n) is 10.8. The number of benzene rings is 1. The van der Waals surface area contributed by atoms with E-state index >= 15 is 0 Å². The third-order valence-corrected chi connectivity index (χ3v) is 3.98. The van der Waals surface area contributed by atoms with E-state index in [2.05, 4.69) is 21.2 Å². The fourth-order valence-corrected chi connectivity index (χ4v) is 2.53. The summed E-state index contributed by atoms with van der Waals surface area (Å²) in [4.78, 5) is 11.6. The first kappa shape index (κ1) is 14.5. The van der Waals surface area contributed by atoms with Gasteiger partial charge in [-0.25, -0.2) is 0 Å². The standard InChI is InChI=1S/C14H19BrN2O2/c15-11-3-1-10(2-4-11)13(14(16)18)9-17-12-5-7-19-8-6-12/h1-4,12-13,17H,5-9H2,(H2,16,18)/t13-/m1/s1. The molecule has 0 aromatic heterocycles. The maximum absolute atomic E-state index is 11.6. The van der Waals surface area contributed by atoms with Gasteiger partial charge in [-0.05, 0) is 30.5 Å². The fourth-order valence-electron chi connectivity index (χ4n) is 2.26. The molecule has 1 amide bonds. The second-order valence-corrected chi connectivity index (χ2v) is 5.72. The summed E-state index contributed by atoms with van der Waals surface area (Å²) in [5.74, 6) is -0.571. The summed E-state index contributed by atoms with van der Waals surface area (Å²) < 4.78 is 6.31. The van der Waals surface area contributed by atoms with E-state index in [0.29, 0.717) is 12.6 Å². The normalized spacial score (nSPS) is 18.2. The van der Waals surface area contributed by atoms with Crippen LogP contribution in [0.3, 0.4) is 0 Å². The van der Waals surface area contributed by atoms with Gasteiger partial charge in [0.05, 0.1) is 5.92 Å². The molecule has 1 aromatic rings. The lowest BCUT2D eigenvalue weighted by atomic mass is 9.97. The molecule has 19 heavy (non-hydrogen) atoms. The summed E-state index contributed by atoms with van der Waals surface area (Å²) in [6.45, 7) is 2.16. The maximum Gasteiger partial charge on any atom is 0.226 e. The van der Waals surface area contributed by atoms with Crippen molar-refractivity contribution in [2.75, 3.05) is 19.8 Å². The van der Waals surface area contributed by atoms with Gasteiger partial charge in [0, 0.05) is 30.3 Å². The largest absolute Gasteiger partial charge is 0.381 e. The first-order chi connectivity index (χ1) is 9.16. The monoisotopic (exact) mass is 326 g/mol. The molecule has 3 N–H and O–H groups in total. The summed E-state index contributed by atoms with van der Waals surface area (Å²) in [6.07, 6.45) is 1.98. The van der Waals surface area contributed by atoms with Gasteiger partial charge in [0.15, 0.2) is 0 Å². The molecule has 1 fully saturated rings. The molecule has 104 valence electrons. The number of carbonyl (C=O) groups excluding carboxylic acids is 1. The molecule has 1 aliphatic heterocycles. The van der Waals surface area contributed by atoms with E-state index in [-0.39, 0.29) is 11.8 Å². The Bertz CT molecular complexity index is 416. The van der Waals surface area contributed by atoms with Crippen molar-refractivity contribution >= 4 is 21.8 Å².